The fraction of sp³-hybridized carbons (Fsp3) is 0.857. The van der Waals surface area contributed by atoms with E-state index < -0.39 is 13.2 Å². The highest BCUT2D eigenvalue weighted by Crippen LogP contribution is 2.28. The molecule has 0 spiro atoms. The molecule has 0 aliphatic rings. The van der Waals surface area contributed by atoms with Crippen LogP contribution in [0, 0.1) is 0 Å². The molecule has 1 unspecified atom stereocenters. The summed E-state index contributed by atoms with van der Waals surface area (Å²) in [6.45, 7) is 1.07. The molecule has 0 heterocycles. The van der Waals surface area contributed by atoms with Crippen molar-refractivity contribution in [2.24, 2.45) is 0 Å². The predicted molar refractivity (Wildman–Crippen MR) is 50.7 cm³/mol. The van der Waals surface area contributed by atoms with Gasteiger partial charge in [0.15, 0.2) is 0 Å². The second-order valence-corrected chi connectivity index (χ2v) is 5.57. The minimum absolute atomic E-state index is 0.251. The molecule has 0 fully saturated rings. The van der Waals surface area contributed by atoms with E-state index in [0.29, 0.717) is 6.42 Å². The van der Waals surface area contributed by atoms with Gasteiger partial charge in [-0.05, 0) is 0 Å². The van der Waals surface area contributed by atoms with E-state index >= 15 is 0 Å². The van der Waals surface area contributed by atoms with E-state index in [1.165, 1.54) is 0 Å². The van der Waals surface area contributed by atoms with Gasteiger partial charge in [0.2, 0.25) is 7.60 Å². The van der Waals surface area contributed by atoms with Gasteiger partial charge in [-0.1, -0.05) is 0 Å². The summed E-state index contributed by atoms with van der Waals surface area (Å²) in [5.74, 6) is 0. The molecule has 6 nitrogen and oxygen atoms in total. The Balaban J connectivity index is 3.67. The molecule has 0 radical (unpaired) electrons. The molecule has 0 rings (SSSR count). The van der Waals surface area contributed by atoms with Gasteiger partial charge < -0.3 is 19.6 Å². The average Bonchev–Trinajstić information content (AvgIpc) is 1.93. The number of nitrogens with one attached hydrogen (secondary N) is 1. The summed E-state index contributed by atoms with van der Waals surface area (Å²) in [6, 6.07) is 0. The second-order valence-electron chi connectivity index (χ2n) is 4.12. The number of quaternary nitrogens is 1. The van der Waals surface area contributed by atoms with Crippen molar-refractivity contribution in [3.63, 3.8) is 0 Å². The lowest BCUT2D eigenvalue weighted by Gasteiger charge is -2.24. The zero-order valence-corrected chi connectivity index (χ0v) is 9.58. The first-order chi connectivity index (χ1) is 6.13. The van der Waals surface area contributed by atoms with Crippen LogP contribution >= 0.6 is 7.60 Å². The number of hydrogen-bond donors (Lipinski definition) is 2. The topological polar surface area (TPSA) is 89.5 Å². The Morgan fingerprint density at radius 3 is 2.36 bits per heavy atom. The monoisotopic (exact) mass is 224 g/mol. The van der Waals surface area contributed by atoms with Gasteiger partial charge >= 0.3 is 0 Å². The van der Waals surface area contributed by atoms with Crippen LogP contribution in [0.15, 0.2) is 0 Å². The van der Waals surface area contributed by atoms with Crippen LogP contribution in [0.3, 0.4) is 0 Å². The van der Waals surface area contributed by atoms with E-state index in [2.05, 4.69) is 5.32 Å². The van der Waals surface area contributed by atoms with Crippen LogP contribution in [0.1, 0.15) is 6.42 Å². The third-order valence-electron chi connectivity index (χ3n) is 1.54. The molecule has 0 aliphatic carbocycles. The van der Waals surface area contributed by atoms with Gasteiger partial charge in [0.05, 0.1) is 27.7 Å². The van der Waals surface area contributed by atoms with Crippen molar-refractivity contribution in [3.05, 3.63) is 0 Å². The van der Waals surface area contributed by atoms with E-state index in [-0.39, 0.29) is 6.54 Å². The Bertz CT molecular complexity index is 243. The van der Waals surface area contributed by atoms with E-state index in [1.807, 2.05) is 21.1 Å². The smallest absolute Gasteiger partial charge is 0.291 e. The normalized spacial score (nSPS) is 16.1. The highest BCUT2D eigenvalue weighted by molar-refractivity contribution is 7.68. The fourth-order valence-corrected chi connectivity index (χ4v) is 1.16. The van der Waals surface area contributed by atoms with Gasteiger partial charge in [-0.3, -0.25) is 9.36 Å². The molecule has 0 aliphatic heterocycles. The van der Waals surface area contributed by atoms with Crippen LogP contribution in [0.25, 0.3) is 0 Å². The summed E-state index contributed by atoms with van der Waals surface area (Å²) in [7, 11) is 1.13. The van der Waals surface area contributed by atoms with Gasteiger partial charge in [-0.2, -0.15) is 0 Å². The SMILES string of the molecule is C[N+](C)(C)CCCNC(=O)P(=O)([O-])O. The molecular formula is C7H17N2O4P. The molecule has 0 aromatic rings. The lowest BCUT2D eigenvalue weighted by atomic mass is 10.4. The van der Waals surface area contributed by atoms with Crippen molar-refractivity contribution in [1.82, 2.24) is 5.32 Å². The molecule has 0 aromatic heterocycles. The third-order valence-corrected chi connectivity index (χ3v) is 2.21. The highest BCUT2D eigenvalue weighted by atomic mass is 31.2. The number of rotatable bonds is 5. The minimum Gasteiger partial charge on any atom is -0.772 e. The Labute approximate surface area is 83.7 Å². The summed E-state index contributed by atoms with van der Waals surface area (Å²) in [5, 5.41) is 2.12. The molecule has 1 atom stereocenters. The maximum atomic E-state index is 10.6. The highest BCUT2D eigenvalue weighted by Gasteiger charge is 2.14. The number of hydrogen-bond acceptors (Lipinski definition) is 3. The molecule has 14 heavy (non-hydrogen) atoms. The van der Waals surface area contributed by atoms with Crippen molar-refractivity contribution in [2.75, 3.05) is 34.2 Å². The number of nitrogens with zero attached hydrogens (tertiary/aromatic N) is 1. The zero-order valence-electron chi connectivity index (χ0n) is 8.69. The third kappa shape index (κ3) is 7.03. The quantitative estimate of drug-likeness (QED) is 0.368. The lowest BCUT2D eigenvalue weighted by Crippen LogP contribution is -2.37. The average molecular weight is 224 g/mol. The van der Waals surface area contributed by atoms with E-state index in [1.54, 1.807) is 0 Å². The standard InChI is InChI=1S/C7H17N2O4P/c1-9(2,3)6-4-5-8-7(10)14(11,12)13/h4-6H2,1-3H3,(H2-,8,10,11,12,13). The Kier molecular flexibility index (Phi) is 4.74. The van der Waals surface area contributed by atoms with Crippen molar-refractivity contribution in [1.29, 1.82) is 0 Å². The van der Waals surface area contributed by atoms with Crippen molar-refractivity contribution < 1.29 is 23.6 Å². The summed E-state index contributed by atoms with van der Waals surface area (Å²) in [4.78, 5) is 29.3. The van der Waals surface area contributed by atoms with Crippen LogP contribution < -0.4 is 10.2 Å². The van der Waals surface area contributed by atoms with Crippen LogP contribution in [0.4, 0.5) is 4.79 Å². The van der Waals surface area contributed by atoms with Crippen molar-refractivity contribution in [2.45, 2.75) is 6.42 Å². The first kappa shape index (κ1) is 13.6. The van der Waals surface area contributed by atoms with E-state index in [9.17, 15) is 14.3 Å². The Morgan fingerprint density at radius 1 is 1.50 bits per heavy atom. The predicted octanol–water partition coefficient (Wildman–Crippen LogP) is -0.662. The lowest BCUT2D eigenvalue weighted by molar-refractivity contribution is -0.870. The molecule has 0 bridgehead atoms. The molecule has 7 heteroatoms. The molecule has 0 aromatic carbocycles. The number of carbonyl (C=O) groups excluding carboxylic acids is 1. The number of carbonyl (C=O) groups is 1. The first-order valence-corrected chi connectivity index (χ1v) is 5.83. The Hall–Kier alpha value is -0.420. The van der Waals surface area contributed by atoms with Crippen LogP contribution in [-0.4, -0.2) is 49.3 Å². The summed E-state index contributed by atoms with van der Waals surface area (Å²) >= 11 is 0. The molecule has 84 valence electrons. The molecule has 2 N–H and O–H groups in total. The van der Waals surface area contributed by atoms with Gasteiger partial charge in [-0.25, -0.2) is 0 Å². The summed E-state index contributed by atoms with van der Waals surface area (Å²) in [5.41, 5.74) is -1.31. The number of amides is 1. The van der Waals surface area contributed by atoms with Gasteiger partial charge in [0.1, 0.15) is 0 Å². The summed E-state index contributed by atoms with van der Waals surface area (Å²) in [6.07, 6.45) is 0.662. The maximum absolute atomic E-state index is 10.6. The maximum Gasteiger partial charge on any atom is 0.291 e. The first-order valence-electron chi connectivity index (χ1n) is 4.25. The van der Waals surface area contributed by atoms with Crippen molar-refractivity contribution >= 4 is 13.2 Å². The zero-order chi connectivity index (χ0) is 11.4. The Morgan fingerprint density at radius 2 is 2.00 bits per heavy atom. The van der Waals surface area contributed by atoms with Gasteiger partial charge in [0.25, 0.3) is 5.65 Å². The molecular weight excluding hydrogens is 207 g/mol. The second kappa shape index (κ2) is 4.89. The van der Waals surface area contributed by atoms with Crippen molar-refractivity contribution in [3.8, 4) is 0 Å². The van der Waals surface area contributed by atoms with Crippen LogP contribution in [0.2, 0.25) is 0 Å². The van der Waals surface area contributed by atoms with E-state index in [4.69, 9.17) is 4.89 Å². The van der Waals surface area contributed by atoms with E-state index in [0.717, 1.165) is 11.0 Å². The van der Waals surface area contributed by atoms with Gasteiger partial charge in [-0.15, -0.1) is 0 Å². The summed E-state index contributed by atoms with van der Waals surface area (Å²) < 4.78 is 11.0. The molecule has 0 saturated heterocycles. The minimum atomic E-state index is -4.84. The van der Waals surface area contributed by atoms with Crippen LogP contribution in [0.5, 0.6) is 0 Å². The largest absolute Gasteiger partial charge is 0.772 e. The fourth-order valence-electron chi connectivity index (χ4n) is 0.849. The molecule has 1 amide bonds. The molecule has 0 saturated carbocycles. The van der Waals surface area contributed by atoms with Gasteiger partial charge in [0, 0.05) is 13.0 Å². The van der Waals surface area contributed by atoms with Crippen LogP contribution in [-0.2, 0) is 4.57 Å².